The molecule has 2 N–H and O–H groups in total. The molecule has 0 bridgehead atoms. The molecule has 0 saturated carbocycles. The van der Waals surface area contributed by atoms with Crippen LogP contribution in [0, 0.1) is 0 Å². The van der Waals surface area contributed by atoms with Crippen LogP contribution in [0.2, 0.25) is 5.02 Å². The topological polar surface area (TPSA) is 85.6 Å². The van der Waals surface area contributed by atoms with Crippen LogP contribution in [0.4, 0.5) is 0 Å². The maximum absolute atomic E-state index is 6.35. The number of aryl methyl sites for hydroxylation is 1. The van der Waals surface area contributed by atoms with E-state index in [-0.39, 0.29) is 5.41 Å². The van der Waals surface area contributed by atoms with Crippen LogP contribution in [0.1, 0.15) is 38.1 Å². The zero-order valence-electron chi connectivity index (χ0n) is 18.7. The summed E-state index contributed by atoms with van der Waals surface area (Å²) in [5.41, 5.74) is 0.919. The van der Waals surface area contributed by atoms with E-state index in [1.165, 1.54) is 0 Å². The Balaban J connectivity index is 1.76. The Labute approximate surface area is 189 Å². The fourth-order valence-corrected chi connectivity index (χ4v) is 4.15. The molecule has 1 fully saturated rings. The molecule has 8 nitrogen and oxygen atoms in total. The highest BCUT2D eigenvalue weighted by molar-refractivity contribution is 6.30. The highest BCUT2D eigenvalue weighted by Gasteiger charge is 2.37. The van der Waals surface area contributed by atoms with E-state index in [0.29, 0.717) is 24.8 Å². The Morgan fingerprint density at radius 3 is 2.81 bits per heavy atom. The summed E-state index contributed by atoms with van der Waals surface area (Å²) in [5, 5.41) is 15.6. The van der Waals surface area contributed by atoms with Crippen molar-refractivity contribution < 1.29 is 9.47 Å². The van der Waals surface area contributed by atoms with Crippen LogP contribution in [0.15, 0.2) is 29.5 Å². The van der Waals surface area contributed by atoms with Crippen molar-refractivity contribution in [2.45, 2.75) is 45.1 Å². The van der Waals surface area contributed by atoms with Gasteiger partial charge in [0.25, 0.3) is 0 Å². The molecule has 2 heterocycles. The first kappa shape index (κ1) is 23.3. The molecule has 1 aromatic heterocycles. The molecule has 1 aromatic carbocycles. The Morgan fingerprint density at radius 1 is 1.29 bits per heavy atom. The lowest BCUT2D eigenvalue weighted by molar-refractivity contribution is 0.0523. The van der Waals surface area contributed by atoms with E-state index >= 15 is 0 Å². The molecule has 0 radical (unpaired) electrons. The van der Waals surface area contributed by atoms with Gasteiger partial charge in [-0.05, 0) is 38.0 Å². The Kier molecular flexibility index (Phi) is 8.54. The van der Waals surface area contributed by atoms with Crippen LogP contribution in [-0.4, -0.2) is 60.7 Å². The number of methoxy groups -OCH3 is 1. The van der Waals surface area contributed by atoms with E-state index < -0.39 is 0 Å². The molecule has 0 unspecified atom stereocenters. The number of halogens is 1. The van der Waals surface area contributed by atoms with Gasteiger partial charge in [0, 0.05) is 55.3 Å². The number of aromatic nitrogens is 3. The smallest absolute Gasteiger partial charge is 0.191 e. The van der Waals surface area contributed by atoms with Crippen molar-refractivity contribution in [1.29, 1.82) is 0 Å². The van der Waals surface area contributed by atoms with Crippen molar-refractivity contribution in [3.8, 4) is 5.75 Å². The summed E-state index contributed by atoms with van der Waals surface area (Å²) in [6.45, 7) is 8.46. The maximum atomic E-state index is 6.35. The SMILES string of the molecule is CCNC(=NCC1(c2cc(Cl)ccc2OC)CCOCC1)NCCn1cnnc1CC. The van der Waals surface area contributed by atoms with E-state index in [2.05, 4.69) is 39.2 Å². The van der Waals surface area contributed by atoms with E-state index in [1.807, 2.05) is 18.2 Å². The van der Waals surface area contributed by atoms with Crippen molar-refractivity contribution in [1.82, 2.24) is 25.4 Å². The number of guanidine groups is 1. The van der Waals surface area contributed by atoms with E-state index in [9.17, 15) is 0 Å². The Morgan fingerprint density at radius 2 is 2.10 bits per heavy atom. The Bertz CT molecular complexity index is 863. The summed E-state index contributed by atoms with van der Waals surface area (Å²) in [7, 11) is 1.70. The van der Waals surface area contributed by atoms with Crippen molar-refractivity contribution in [2.24, 2.45) is 4.99 Å². The van der Waals surface area contributed by atoms with Crippen LogP contribution in [0.3, 0.4) is 0 Å². The lowest BCUT2D eigenvalue weighted by Gasteiger charge is -2.37. The van der Waals surface area contributed by atoms with Gasteiger partial charge in [-0.3, -0.25) is 4.99 Å². The first-order chi connectivity index (χ1) is 15.1. The Hall–Kier alpha value is -2.32. The standard InChI is InChI=1S/C22H33ClN6O2/c1-4-20-28-27-16-29(20)11-10-25-21(24-5-2)26-15-22(8-12-31-13-9-22)18-14-17(23)6-7-19(18)30-3/h6-7,14,16H,4-5,8-13,15H2,1-3H3,(H2,24,25,26). The fourth-order valence-electron chi connectivity index (χ4n) is 3.98. The van der Waals surface area contributed by atoms with Gasteiger partial charge < -0.3 is 24.7 Å². The van der Waals surface area contributed by atoms with Crippen LogP contribution in [0.25, 0.3) is 0 Å². The number of nitrogens with one attached hydrogen (secondary N) is 2. The van der Waals surface area contributed by atoms with Gasteiger partial charge in [-0.15, -0.1) is 10.2 Å². The second kappa shape index (κ2) is 11.3. The first-order valence-electron chi connectivity index (χ1n) is 10.9. The molecule has 2 aromatic rings. The third-order valence-electron chi connectivity index (χ3n) is 5.72. The average molecular weight is 449 g/mol. The largest absolute Gasteiger partial charge is 0.496 e. The van der Waals surface area contributed by atoms with Crippen LogP contribution >= 0.6 is 11.6 Å². The third kappa shape index (κ3) is 5.89. The summed E-state index contributed by atoms with van der Waals surface area (Å²) < 4.78 is 13.4. The zero-order valence-corrected chi connectivity index (χ0v) is 19.4. The molecular formula is C22H33ClN6O2. The number of rotatable bonds is 9. The second-order valence-electron chi connectivity index (χ2n) is 7.65. The number of aliphatic imine (C=N–C) groups is 1. The number of benzene rings is 1. The van der Waals surface area contributed by atoms with Crippen molar-refractivity contribution in [2.75, 3.05) is 40.0 Å². The average Bonchev–Trinajstić information content (AvgIpc) is 3.25. The van der Waals surface area contributed by atoms with Gasteiger partial charge in [0.05, 0.1) is 13.7 Å². The summed E-state index contributed by atoms with van der Waals surface area (Å²) in [6, 6.07) is 5.81. The van der Waals surface area contributed by atoms with Gasteiger partial charge in [0.15, 0.2) is 5.96 Å². The highest BCUT2D eigenvalue weighted by atomic mass is 35.5. The predicted molar refractivity (Wildman–Crippen MR) is 123 cm³/mol. The third-order valence-corrected chi connectivity index (χ3v) is 5.96. The number of ether oxygens (including phenoxy) is 2. The predicted octanol–water partition coefficient (Wildman–Crippen LogP) is 2.81. The highest BCUT2D eigenvalue weighted by Crippen LogP contribution is 2.41. The molecule has 1 saturated heterocycles. The van der Waals surface area contributed by atoms with Crippen molar-refractivity contribution >= 4 is 17.6 Å². The summed E-state index contributed by atoms with van der Waals surface area (Å²) in [5.74, 6) is 2.62. The molecule has 170 valence electrons. The van der Waals surface area contributed by atoms with Crippen LogP contribution in [-0.2, 0) is 23.1 Å². The molecule has 1 aliphatic rings. The molecule has 1 aliphatic heterocycles. The molecule has 3 rings (SSSR count). The van der Waals surface area contributed by atoms with Crippen LogP contribution < -0.4 is 15.4 Å². The lowest BCUT2D eigenvalue weighted by atomic mass is 9.73. The van der Waals surface area contributed by atoms with Gasteiger partial charge in [0.2, 0.25) is 0 Å². The second-order valence-corrected chi connectivity index (χ2v) is 8.09. The summed E-state index contributed by atoms with van der Waals surface area (Å²) in [4.78, 5) is 4.95. The minimum atomic E-state index is -0.180. The number of hydrogen-bond acceptors (Lipinski definition) is 5. The van der Waals surface area contributed by atoms with E-state index in [1.54, 1.807) is 13.4 Å². The van der Waals surface area contributed by atoms with Crippen molar-refractivity contribution in [3.63, 3.8) is 0 Å². The molecule has 0 amide bonds. The summed E-state index contributed by atoms with van der Waals surface area (Å²) >= 11 is 6.35. The fraction of sp³-hybridized carbons (Fsp3) is 0.591. The normalized spacial score (nSPS) is 16.2. The maximum Gasteiger partial charge on any atom is 0.191 e. The molecule has 0 aliphatic carbocycles. The molecule has 9 heteroatoms. The van der Waals surface area contributed by atoms with E-state index in [4.69, 9.17) is 26.1 Å². The van der Waals surface area contributed by atoms with Crippen LogP contribution in [0.5, 0.6) is 5.75 Å². The first-order valence-corrected chi connectivity index (χ1v) is 11.3. The lowest BCUT2D eigenvalue weighted by Crippen LogP contribution is -2.42. The quantitative estimate of drug-likeness (QED) is 0.453. The molecule has 0 spiro atoms. The van der Waals surface area contributed by atoms with E-state index in [0.717, 1.165) is 62.0 Å². The van der Waals surface area contributed by atoms with Crippen molar-refractivity contribution in [3.05, 3.63) is 40.9 Å². The van der Waals surface area contributed by atoms with Gasteiger partial charge in [-0.1, -0.05) is 18.5 Å². The molecule has 0 atom stereocenters. The monoisotopic (exact) mass is 448 g/mol. The minimum Gasteiger partial charge on any atom is -0.496 e. The van der Waals surface area contributed by atoms with Gasteiger partial charge in [-0.2, -0.15) is 0 Å². The number of nitrogens with zero attached hydrogens (tertiary/aromatic N) is 4. The molecule has 31 heavy (non-hydrogen) atoms. The van der Waals surface area contributed by atoms with Gasteiger partial charge >= 0.3 is 0 Å². The summed E-state index contributed by atoms with van der Waals surface area (Å²) in [6.07, 6.45) is 4.37. The number of hydrogen-bond donors (Lipinski definition) is 2. The zero-order chi connectivity index (χ0) is 22.1. The van der Waals surface area contributed by atoms with Gasteiger partial charge in [0.1, 0.15) is 17.9 Å². The molecular weight excluding hydrogens is 416 g/mol. The van der Waals surface area contributed by atoms with Gasteiger partial charge in [-0.25, -0.2) is 0 Å². The minimum absolute atomic E-state index is 0.180.